The number of rotatable bonds is 5. The summed E-state index contributed by atoms with van der Waals surface area (Å²) in [5.74, 6) is 0.00775. The van der Waals surface area contributed by atoms with Crippen LogP contribution in [0.2, 0.25) is 0 Å². The largest absolute Gasteiger partial charge is 0.376 e. The SMILES string of the molecule is CCN(CC1CCCCO1)C(=O)c1cc(-c2cncnc2)nc2ccccc12. The number of ether oxygens (including phenoxy) is 1. The van der Waals surface area contributed by atoms with Crippen molar-refractivity contribution in [2.45, 2.75) is 32.3 Å². The van der Waals surface area contributed by atoms with E-state index in [9.17, 15) is 4.79 Å². The summed E-state index contributed by atoms with van der Waals surface area (Å²) in [6.45, 7) is 4.05. The highest BCUT2D eigenvalue weighted by Crippen LogP contribution is 2.25. The maximum Gasteiger partial charge on any atom is 0.254 e. The van der Waals surface area contributed by atoms with E-state index in [4.69, 9.17) is 9.72 Å². The molecule has 28 heavy (non-hydrogen) atoms. The quantitative estimate of drug-likeness (QED) is 0.679. The number of pyridine rings is 1. The zero-order valence-electron chi connectivity index (χ0n) is 16.0. The van der Waals surface area contributed by atoms with Gasteiger partial charge in [0, 0.05) is 43.0 Å². The van der Waals surface area contributed by atoms with Gasteiger partial charge in [0.1, 0.15) is 6.33 Å². The normalized spacial score (nSPS) is 16.8. The van der Waals surface area contributed by atoms with E-state index in [0.29, 0.717) is 24.3 Å². The maximum atomic E-state index is 13.5. The van der Waals surface area contributed by atoms with Crippen LogP contribution in [0.5, 0.6) is 0 Å². The third-order valence-corrected chi connectivity index (χ3v) is 5.17. The zero-order chi connectivity index (χ0) is 19.3. The lowest BCUT2D eigenvalue weighted by Gasteiger charge is -2.29. The van der Waals surface area contributed by atoms with Gasteiger partial charge in [-0.25, -0.2) is 15.0 Å². The molecule has 6 heteroatoms. The molecule has 1 fully saturated rings. The topological polar surface area (TPSA) is 68.2 Å². The van der Waals surface area contributed by atoms with Gasteiger partial charge in [0.2, 0.25) is 0 Å². The molecule has 0 aliphatic carbocycles. The van der Waals surface area contributed by atoms with Gasteiger partial charge >= 0.3 is 0 Å². The van der Waals surface area contributed by atoms with Gasteiger partial charge in [0.15, 0.2) is 0 Å². The monoisotopic (exact) mass is 376 g/mol. The minimum absolute atomic E-state index is 0.00775. The molecule has 0 radical (unpaired) electrons. The molecule has 6 nitrogen and oxygen atoms in total. The number of benzene rings is 1. The van der Waals surface area contributed by atoms with E-state index in [2.05, 4.69) is 9.97 Å². The van der Waals surface area contributed by atoms with Crippen molar-refractivity contribution < 1.29 is 9.53 Å². The molecule has 0 saturated carbocycles. The van der Waals surface area contributed by atoms with Crippen molar-refractivity contribution >= 4 is 16.8 Å². The summed E-state index contributed by atoms with van der Waals surface area (Å²) in [6, 6.07) is 9.61. The molecule has 1 saturated heterocycles. The minimum atomic E-state index is 0.00775. The highest BCUT2D eigenvalue weighted by molar-refractivity contribution is 6.07. The van der Waals surface area contributed by atoms with Gasteiger partial charge in [0.25, 0.3) is 5.91 Å². The average molecular weight is 376 g/mol. The molecule has 1 aromatic carbocycles. The van der Waals surface area contributed by atoms with Gasteiger partial charge in [-0.05, 0) is 38.3 Å². The summed E-state index contributed by atoms with van der Waals surface area (Å²) < 4.78 is 5.85. The lowest BCUT2D eigenvalue weighted by atomic mass is 10.0. The second-order valence-corrected chi connectivity index (χ2v) is 7.03. The number of carbonyl (C=O) groups is 1. The molecular weight excluding hydrogens is 352 g/mol. The van der Waals surface area contributed by atoms with E-state index in [0.717, 1.165) is 42.3 Å². The van der Waals surface area contributed by atoms with Crippen molar-refractivity contribution in [3.63, 3.8) is 0 Å². The fraction of sp³-hybridized carbons (Fsp3) is 0.364. The summed E-state index contributed by atoms with van der Waals surface area (Å²) in [4.78, 5) is 28.2. The number of hydrogen-bond acceptors (Lipinski definition) is 5. The van der Waals surface area contributed by atoms with Crippen LogP contribution in [-0.2, 0) is 4.74 Å². The first kappa shape index (κ1) is 18.5. The maximum absolute atomic E-state index is 13.5. The standard InChI is InChI=1S/C22H24N4O2/c1-2-26(14-17-7-5-6-10-28-17)22(27)19-11-21(16-12-23-15-24-13-16)25-20-9-4-3-8-18(19)20/h3-4,8-9,11-13,15,17H,2,5-7,10,14H2,1H3. The fourth-order valence-corrected chi connectivity index (χ4v) is 3.65. The van der Waals surface area contributed by atoms with Crippen LogP contribution in [0.1, 0.15) is 36.5 Å². The first-order valence-electron chi connectivity index (χ1n) is 9.82. The molecule has 3 heterocycles. The van der Waals surface area contributed by atoms with Crippen molar-refractivity contribution in [3.05, 3.63) is 54.6 Å². The number of likely N-dealkylation sites (N-methyl/N-ethyl adjacent to an activating group) is 1. The molecule has 0 spiro atoms. The number of fused-ring (bicyclic) bond motifs is 1. The number of para-hydroxylation sites is 1. The molecule has 2 aromatic heterocycles. The van der Waals surface area contributed by atoms with Crippen LogP contribution in [0.25, 0.3) is 22.2 Å². The summed E-state index contributed by atoms with van der Waals surface area (Å²) in [5, 5.41) is 0.858. The van der Waals surface area contributed by atoms with Gasteiger partial charge in [-0.1, -0.05) is 18.2 Å². The Hall–Kier alpha value is -2.86. The second-order valence-electron chi connectivity index (χ2n) is 7.03. The molecular formula is C22H24N4O2. The molecule has 0 bridgehead atoms. The first-order valence-corrected chi connectivity index (χ1v) is 9.82. The lowest BCUT2D eigenvalue weighted by molar-refractivity contribution is -0.00307. The van der Waals surface area contributed by atoms with E-state index in [1.165, 1.54) is 6.33 Å². The van der Waals surface area contributed by atoms with Crippen LogP contribution in [0.3, 0.4) is 0 Å². The summed E-state index contributed by atoms with van der Waals surface area (Å²) in [7, 11) is 0. The van der Waals surface area contributed by atoms with Crippen LogP contribution < -0.4 is 0 Å². The Labute approximate surface area is 164 Å². The molecule has 1 aliphatic heterocycles. The minimum Gasteiger partial charge on any atom is -0.376 e. The Bertz CT molecular complexity index is 955. The fourth-order valence-electron chi connectivity index (χ4n) is 3.65. The molecule has 144 valence electrons. The number of aromatic nitrogens is 3. The van der Waals surface area contributed by atoms with Crippen molar-refractivity contribution in [1.29, 1.82) is 0 Å². The van der Waals surface area contributed by atoms with Crippen LogP contribution in [0.4, 0.5) is 0 Å². The molecule has 1 aliphatic rings. The Morgan fingerprint density at radius 1 is 1.21 bits per heavy atom. The highest BCUT2D eigenvalue weighted by atomic mass is 16.5. The number of hydrogen-bond donors (Lipinski definition) is 0. The van der Waals surface area contributed by atoms with Gasteiger partial charge in [-0.3, -0.25) is 4.79 Å². The average Bonchev–Trinajstić information content (AvgIpc) is 2.77. The molecule has 3 aromatic rings. The van der Waals surface area contributed by atoms with Gasteiger partial charge in [-0.2, -0.15) is 0 Å². The van der Waals surface area contributed by atoms with Gasteiger partial charge in [-0.15, -0.1) is 0 Å². The summed E-state index contributed by atoms with van der Waals surface area (Å²) >= 11 is 0. The number of amides is 1. The van der Waals surface area contributed by atoms with Gasteiger partial charge < -0.3 is 9.64 Å². The summed E-state index contributed by atoms with van der Waals surface area (Å²) in [5.41, 5.74) is 2.94. The van der Waals surface area contributed by atoms with Crippen LogP contribution in [-0.4, -0.2) is 51.6 Å². The molecule has 0 N–H and O–H groups in total. The van der Waals surface area contributed by atoms with Crippen molar-refractivity contribution in [1.82, 2.24) is 19.9 Å². The van der Waals surface area contributed by atoms with Crippen LogP contribution in [0, 0.1) is 0 Å². The van der Waals surface area contributed by atoms with Crippen LogP contribution >= 0.6 is 0 Å². The Morgan fingerprint density at radius 3 is 2.79 bits per heavy atom. The van der Waals surface area contributed by atoms with Crippen LogP contribution in [0.15, 0.2) is 49.1 Å². The second kappa shape index (κ2) is 8.44. The molecule has 4 rings (SSSR count). The smallest absolute Gasteiger partial charge is 0.254 e. The predicted octanol–water partition coefficient (Wildman–Crippen LogP) is 3.72. The molecule has 1 amide bonds. The zero-order valence-corrected chi connectivity index (χ0v) is 16.0. The summed E-state index contributed by atoms with van der Waals surface area (Å²) in [6.07, 6.45) is 8.30. The van der Waals surface area contributed by atoms with Crippen molar-refractivity contribution in [2.24, 2.45) is 0 Å². The molecule has 1 unspecified atom stereocenters. The lowest BCUT2D eigenvalue weighted by Crippen LogP contribution is -2.39. The van der Waals surface area contributed by atoms with Crippen molar-refractivity contribution in [2.75, 3.05) is 19.7 Å². The van der Waals surface area contributed by atoms with E-state index >= 15 is 0 Å². The van der Waals surface area contributed by atoms with Gasteiger partial charge in [0.05, 0.1) is 22.9 Å². The highest BCUT2D eigenvalue weighted by Gasteiger charge is 2.23. The van der Waals surface area contributed by atoms with E-state index in [1.807, 2.05) is 42.2 Å². The van der Waals surface area contributed by atoms with E-state index in [1.54, 1.807) is 12.4 Å². The third-order valence-electron chi connectivity index (χ3n) is 5.17. The van der Waals surface area contributed by atoms with E-state index in [-0.39, 0.29) is 12.0 Å². The Morgan fingerprint density at radius 2 is 2.04 bits per heavy atom. The first-order chi connectivity index (χ1) is 13.8. The predicted molar refractivity (Wildman–Crippen MR) is 108 cm³/mol. The Balaban J connectivity index is 1.72. The van der Waals surface area contributed by atoms with Crippen molar-refractivity contribution in [3.8, 4) is 11.3 Å². The van der Waals surface area contributed by atoms with E-state index < -0.39 is 0 Å². The number of carbonyl (C=O) groups excluding carboxylic acids is 1. The Kier molecular flexibility index (Phi) is 5.58. The third kappa shape index (κ3) is 3.87. The molecule has 1 atom stereocenters. The number of nitrogens with zero attached hydrogens (tertiary/aromatic N) is 4.